The van der Waals surface area contributed by atoms with Crippen LogP contribution in [0.25, 0.3) is 0 Å². The average Bonchev–Trinajstić information content (AvgIpc) is 2.53. The van der Waals surface area contributed by atoms with Crippen molar-refractivity contribution in [1.82, 2.24) is 0 Å². The van der Waals surface area contributed by atoms with Crippen molar-refractivity contribution in [2.45, 2.75) is 12.8 Å². The fraction of sp³-hybridized carbons (Fsp3) is 0.118. The zero-order valence-corrected chi connectivity index (χ0v) is 13.7. The van der Waals surface area contributed by atoms with Crippen molar-refractivity contribution in [1.29, 1.82) is 5.26 Å². The molecule has 1 N–H and O–H groups in total. The van der Waals surface area contributed by atoms with Crippen molar-refractivity contribution in [3.63, 3.8) is 0 Å². The molecule has 1 amide bonds. The van der Waals surface area contributed by atoms with Crippen LogP contribution in [0.2, 0.25) is 10.0 Å². The maximum Gasteiger partial charge on any atom is 0.293 e. The predicted molar refractivity (Wildman–Crippen MR) is 89.6 cm³/mol. The van der Waals surface area contributed by atoms with Crippen molar-refractivity contribution >= 4 is 40.6 Å². The molecule has 0 aliphatic rings. The average molecular weight is 347 g/mol. The Kier molecular flexibility index (Phi) is 5.38. The number of nitrogens with one attached hydrogen (secondary N) is 1. The molecule has 0 radical (unpaired) electrons. The van der Waals surface area contributed by atoms with Crippen LogP contribution in [0.4, 0.5) is 5.69 Å². The van der Waals surface area contributed by atoms with E-state index in [2.05, 4.69) is 5.32 Å². The van der Waals surface area contributed by atoms with Crippen LogP contribution in [0.1, 0.15) is 17.0 Å². The molecule has 0 heterocycles. The standard InChI is InChI=1S/C17H12Cl2N2O2/c1-10-4-2-3-5-12(10)13(9-20)16(22)17(23)21-11-6-7-14(18)15(19)8-11/h2-8,13H,1H3,(H,21,23)/t13-/m1/s1. The molecule has 0 bridgehead atoms. The molecule has 2 rings (SSSR count). The highest BCUT2D eigenvalue weighted by atomic mass is 35.5. The number of halogens is 2. The quantitative estimate of drug-likeness (QED) is 0.846. The first-order valence-corrected chi connectivity index (χ1v) is 7.45. The largest absolute Gasteiger partial charge is 0.319 e. The number of nitriles is 1. The Hall–Kier alpha value is -2.35. The Morgan fingerprint density at radius 2 is 1.83 bits per heavy atom. The third-order valence-corrected chi connectivity index (χ3v) is 4.03. The van der Waals surface area contributed by atoms with E-state index < -0.39 is 17.6 Å². The minimum atomic E-state index is -1.15. The molecule has 2 aromatic carbocycles. The van der Waals surface area contributed by atoms with E-state index in [1.54, 1.807) is 31.2 Å². The molecule has 2 aromatic rings. The highest BCUT2D eigenvalue weighted by Gasteiger charge is 2.28. The minimum Gasteiger partial charge on any atom is -0.319 e. The summed E-state index contributed by atoms with van der Waals surface area (Å²) in [5, 5.41) is 12.3. The third-order valence-electron chi connectivity index (χ3n) is 3.29. The smallest absolute Gasteiger partial charge is 0.293 e. The molecular formula is C17H12Cl2N2O2. The second-order valence-electron chi connectivity index (χ2n) is 4.87. The van der Waals surface area contributed by atoms with E-state index in [9.17, 15) is 14.9 Å². The van der Waals surface area contributed by atoms with Gasteiger partial charge in [-0.15, -0.1) is 0 Å². The van der Waals surface area contributed by atoms with Crippen LogP contribution < -0.4 is 5.32 Å². The SMILES string of the molecule is Cc1ccccc1[C@@H](C#N)C(=O)C(=O)Nc1ccc(Cl)c(Cl)c1. The van der Waals surface area contributed by atoms with Gasteiger partial charge in [0.1, 0.15) is 5.92 Å². The van der Waals surface area contributed by atoms with Crippen molar-refractivity contribution in [3.8, 4) is 6.07 Å². The number of amides is 1. The van der Waals surface area contributed by atoms with Crippen LogP contribution in [0.15, 0.2) is 42.5 Å². The van der Waals surface area contributed by atoms with Gasteiger partial charge in [-0.05, 0) is 36.2 Å². The van der Waals surface area contributed by atoms with Gasteiger partial charge in [-0.2, -0.15) is 5.26 Å². The molecule has 1 atom stereocenters. The normalized spacial score (nSPS) is 11.4. The molecule has 0 aromatic heterocycles. The van der Waals surface area contributed by atoms with Crippen LogP contribution in [0, 0.1) is 18.3 Å². The van der Waals surface area contributed by atoms with Gasteiger partial charge in [-0.3, -0.25) is 9.59 Å². The second-order valence-corrected chi connectivity index (χ2v) is 5.68. The third kappa shape index (κ3) is 3.89. The van der Waals surface area contributed by atoms with Gasteiger partial charge in [0.15, 0.2) is 0 Å². The molecular weight excluding hydrogens is 335 g/mol. The lowest BCUT2D eigenvalue weighted by Crippen LogP contribution is -2.28. The first-order valence-electron chi connectivity index (χ1n) is 6.69. The summed E-state index contributed by atoms with van der Waals surface area (Å²) in [5.41, 5.74) is 1.62. The summed E-state index contributed by atoms with van der Waals surface area (Å²) >= 11 is 11.7. The van der Waals surface area contributed by atoms with E-state index in [4.69, 9.17) is 23.2 Å². The Balaban J connectivity index is 2.21. The number of Topliss-reactive ketones (excluding diaryl/α,β-unsaturated/α-hetero) is 1. The molecule has 0 aliphatic carbocycles. The molecule has 0 saturated heterocycles. The molecule has 23 heavy (non-hydrogen) atoms. The number of aryl methyl sites for hydroxylation is 1. The van der Waals surface area contributed by atoms with Gasteiger partial charge in [-0.1, -0.05) is 47.5 Å². The number of ketones is 1. The lowest BCUT2D eigenvalue weighted by molar-refractivity contribution is -0.135. The zero-order chi connectivity index (χ0) is 17.0. The summed E-state index contributed by atoms with van der Waals surface area (Å²) in [4.78, 5) is 24.4. The lowest BCUT2D eigenvalue weighted by Gasteiger charge is -2.11. The maximum absolute atomic E-state index is 12.3. The lowest BCUT2D eigenvalue weighted by atomic mass is 9.92. The van der Waals surface area contributed by atoms with Crippen LogP contribution in [-0.4, -0.2) is 11.7 Å². The fourth-order valence-electron chi connectivity index (χ4n) is 2.08. The molecule has 0 fully saturated rings. The van der Waals surface area contributed by atoms with Gasteiger partial charge in [0, 0.05) is 5.69 Å². The van der Waals surface area contributed by atoms with Gasteiger partial charge in [0.2, 0.25) is 5.78 Å². The molecule has 116 valence electrons. The number of rotatable bonds is 4. The van der Waals surface area contributed by atoms with E-state index in [-0.39, 0.29) is 5.02 Å². The molecule has 4 nitrogen and oxygen atoms in total. The van der Waals surface area contributed by atoms with Gasteiger partial charge >= 0.3 is 0 Å². The molecule has 0 aliphatic heterocycles. The van der Waals surface area contributed by atoms with Gasteiger partial charge in [0.25, 0.3) is 5.91 Å². The van der Waals surface area contributed by atoms with Crippen molar-refractivity contribution in [3.05, 3.63) is 63.6 Å². The van der Waals surface area contributed by atoms with E-state index in [1.807, 2.05) is 6.07 Å². The molecule has 0 unspecified atom stereocenters. The summed E-state index contributed by atoms with van der Waals surface area (Å²) in [6.45, 7) is 1.78. The Morgan fingerprint density at radius 1 is 1.13 bits per heavy atom. The predicted octanol–water partition coefficient (Wildman–Crippen LogP) is 4.12. The highest BCUT2D eigenvalue weighted by molar-refractivity contribution is 6.44. The molecule has 0 spiro atoms. The van der Waals surface area contributed by atoms with Crippen molar-refractivity contribution in [2.24, 2.45) is 0 Å². The monoisotopic (exact) mass is 346 g/mol. The van der Waals surface area contributed by atoms with Gasteiger partial charge in [0.05, 0.1) is 16.1 Å². The van der Waals surface area contributed by atoms with E-state index in [0.29, 0.717) is 16.3 Å². The fourth-order valence-corrected chi connectivity index (χ4v) is 2.38. The summed E-state index contributed by atoms with van der Waals surface area (Å²) in [6.07, 6.45) is 0. The van der Waals surface area contributed by atoms with Gasteiger partial charge in [-0.25, -0.2) is 0 Å². The number of benzene rings is 2. The number of carbonyl (C=O) groups excluding carboxylic acids is 2. The summed E-state index contributed by atoms with van der Waals surface area (Å²) in [6, 6.07) is 13.3. The molecule has 0 saturated carbocycles. The van der Waals surface area contributed by atoms with Crippen molar-refractivity contribution in [2.75, 3.05) is 5.32 Å². The second kappa shape index (κ2) is 7.28. The van der Waals surface area contributed by atoms with Gasteiger partial charge < -0.3 is 5.32 Å². The first kappa shape index (κ1) is 17.0. The molecule has 6 heteroatoms. The van der Waals surface area contributed by atoms with Crippen molar-refractivity contribution < 1.29 is 9.59 Å². The van der Waals surface area contributed by atoms with Crippen LogP contribution >= 0.6 is 23.2 Å². The Labute approximate surface area is 143 Å². The summed E-state index contributed by atoms with van der Waals surface area (Å²) in [5.74, 6) is -2.86. The topological polar surface area (TPSA) is 70.0 Å². The van der Waals surface area contributed by atoms with Crippen LogP contribution in [0.5, 0.6) is 0 Å². The van der Waals surface area contributed by atoms with E-state index >= 15 is 0 Å². The number of anilines is 1. The minimum absolute atomic E-state index is 0.257. The Morgan fingerprint density at radius 3 is 2.43 bits per heavy atom. The highest BCUT2D eigenvalue weighted by Crippen LogP contribution is 2.26. The number of nitrogens with zero attached hydrogens (tertiary/aromatic N) is 1. The number of hydrogen-bond donors (Lipinski definition) is 1. The number of hydrogen-bond acceptors (Lipinski definition) is 3. The summed E-state index contributed by atoms with van der Waals surface area (Å²) in [7, 11) is 0. The number of carbonyl (C=O) groups is 2. The van der Waals surface area contributed by atoms with Crippen LogP contribution in [0.3, 0.4) is 0 Å². The first-order chi connectivity index (χ1) is 10.9. The summed E-state index contributed by atoms with van der Waals surface area (Å²) < 4.78 is 0. The maximum atomic E-state index is 12.3. The zero-order valence-electron chi connectivity index (χ0n) is 12.1. The van der Waals surface area contributed by atoms with E-state index in [0.717, 1.165) is 5.56 Å². The van der Waals surface area contributed by atoms with E-state index in [1.165, 1.54) is 18.2 Å². The Bertz CT molecular complexity index is 812. The van der Waals surface area contributed by atoms with Crippen LogP contribution in [-0.2, 0) is 9.59 Å².